The second-order valence-electron chi connectivity index (χ2n) is 2.99. The van der Waals surface area contributed by atoms with E-state index in [1.807, 2.05) is 0 Å². The summed E-state index contributed by atoms with van der Waals surface area (Å²) in [5.74, 6) is -0.586. The van der Waals surface area contributed by atoms with Crippen LogP contribution in [0.1, 0.15) is 33.1 Å². The smallest absolute Gasteiger partial charge is 0.140 e. The van der Waals surface area contributed by atoms with E-state index in [1.54, 1.807) is 0 Å². The first-order valence-electron chi connectivity index (χ1n) is 4.21. The topological polar surface area (TPSA) is 54.4 Å². The van der Waals surface area contributed by atoms with Gasteiger partial charge in [-0.25, -0.2) is 0 Å². The molecule has 0 aliphatic rings. The van der Waals surface area contributed by atoms with Gasteiger partial charge in [-0.2, -0.15) is 0 Å². The lowest BCUT2D eigenvalue weighted by atomic mass is 9.95. The van der Waals surface area contributed by atoms with E-state index < -0.39 is 5.92 Å². The Morgan fingerprint density at radius 1 is 1.17 bits per heavy atom. The number of unbranched alkanes of at least 4 members (excludes halogenated alkanes) is 1. The highest BCUT2D eigenvalue weighted by Crippen LogP contribution is 2.10. The first-order chi connectivity index (χ1) is 5.59. The van der Waals surface area contributed by atoms with Gasteiger partial charge in [0, 0.05) is 6.61 Å². The molecule has 12 heavy (non-hydrogen) atoms. The summed E-state index contributed by atoms with van der Waals surface area (Å²) < 4.78 is 0. The maximum atomic E-state index is 10.9. The standard InChI is InChI=1S/C9H16O3/c1-7(11)9(8(2)12)5-3-4-6-10/h9-10H,3-6H2,1-2H3. The SMILES string of the molecule is CC(=O)C(CCCCO)C(C)=O. The summed E-state index contributed by atoms with van der Waals surface area (Å²) in [5.41, 5.74) is 0. The predicted octanol–water partition coefficient (Wildman–Crippen LogP) is 0.943. The van der Waals surface area contributed by atoms with E-state index in [1.165, 1.54) is 13.8 Å². The fourth-order valence-electron chi connectivity index (χ4n) is 1.15. The minimum atomic E-state index is -0.448. The van der Waals surface area contributed by atoms with Crippen LogP contribution in [0.5, 0.6) is 0 Å². The lowest BCUT2D eigenvalue weighted by Crippen LogP contribution is -2.19. The summed E-state index contributed by atoms with van der Waals surface area (Å²) in [6.07, 6.45) is 1.97. The van der Waals surface area contributed by atoms with Crippen LogP contribution in [-0.2, 0) is 9.59 Å². The first-order valence-corrected chi connectivity index (χ1v) is 4.21. The van der Waals surface area contributed by atoms with Crippen molar-refractivity contribution in [2.75, 3.05) is 6.61 Å². The Bertz CT molecular complexity index is 149. The Hall–Kier alpha value is -0.700. The van der Waals surface area contributed by atoms with Gasteiger partial charge in [-0.05, 0) is 26.7 Å². The number of hydrogen-bond acceptors (Lipinski definition) is 3. The highest BCUT2D eigenvalue weighted by molar-refractivity contribution is 6.00. The fourth-order valence-corrected chi connectivity index (χ4v) is 1.15. The highest BCUT2D eigenvalue weighted by Gasteiger charge is 2.17. The molecule has 0 fully saturated rings. The molecule has 0 aliphatic carbocycles. The van der Waals surface area contributed by atoms with Crippen molar-refractivity contribution in [2.24, 2.45) is 5.92 Å². The molecule has 0 atom stereocenters. The lowest BCUT2D eigenvalue weighted by Gasteiger charge is -2.08. The summed E-state index contributed by atoms with van der Waals surface area (Å²) in [7, 11) is 0. The number of ketones is 2. The summed E-state index contributed by atoms with van der Waals surface area (Å²) in [4.78, 5) is 21.8. The van der Waals surface area contributed by atoms with Crippen molar-refractivity contribution in [3.8, 4) is 0 Å². The molecule has 0 aromatic carbocycles. The van der Waals surface area contributed by atoms with Crippen LogP contribution in [-0.4, -0.2) is 23.3 Å². The van der Waals surface area contributed by atoms with Crippen molar-refractivity contribution < 1.29 is 14.7 Å². The normalized spacial score (nSPS) is 10.3. The molecule has 0 aromatic heterocycles. The van der Waals surface area contributed by atoms with Gasteiger partial charge < -0.3 is 5.11 Å². The van der Waals surface area contributed by atoms with Gasteiger partial charge >= 0.3 is 0 Å². The zero-order valence-corrected chi connectivity index (χ0v) is 7.67. The molecular weight excluding hydrogens is 156 g/mol. The number of rotatable bonds is 6. The molecule has 3 heteroatoms. The second kappa shape index (κ2) is 5.89. The van der Waals surface area contributed by atoms with E-state index >= 15 is 0 Å². The van der Waals surface area contributed by atoms with Crippen molar-refractivity contribution >= 4 is 11.6 Å². The van der Waals surface area contributed by atoms with Crippen LogP contribution in [0, 0.1) is 5.92 Å². The largest absolute Gasteiger partial charge is 0.396 e. The Balaban J connectivity index is 3.80. The van der Waals surface area contributed by atoms with Crippen LogP contribution in [0.15, 0.2) is 0 Å². The van der Waals surface area contributed by atoms with Crippen LogP contribution in [0.25, 0.3) is 0 Å². The molecule has 0 spiro atoms. The van der Waals surface area contributed by atoms with Gasteiger partial charge in [0.05, 0.1) is 5.92 Å². The van der Waals surface area contributed by atoms with E-state index in [0.717, 1.165) is 6.42 Å². The van der Waals surface area contributed by atoms with E-state index in [-0.39, 0.29) is 18.2 Å². The van der Waals surface area contributed by atoms with Crippen molar-refractivity contribution in [1.29, 1.82) is 0 Å². The van der Waals surface area contributed by atoms with E-state index in [9.17, 15) is 9.59 Å². The minimum absolute atomic E-state index is 0.0690. The summed E-state index contributed by atoms with van der Waals surface area (Å²) >= 11 is 0. The molecule has 0 bridgehead atoms. The number of carbonyl (C=O) groups is 2. The second-order valence-corrected chi connectivity index (χ2v) is 2.99. The molecule has 0 saturated heterocycles. The molecular formula is C9H16O3. The third kappa shape index (κ3) is 4.23. The number of carbonyl (C=O) groups excluding carboxylic acids is 2. The van der Waals surface area contributed by atoms with E-state index in [2.05, 4.69) is 0 Å². The first kappa shape index (κ1) is 11.3. The van der Waals surface area contributed by atoms with Crippen molar-refractivity contribution in [3.05, 3.63) is 0 Å². The van der Waals surface area contributed by atoms with Gasteiger partial charge in [0.25, 0.3) is 0 Å². The number of aliphatic hydroxyl groups is 1. The minimum Gasteiger partial charge on any atom is -0.396 e. The van der Waals surface area contributed by atoms with Crippen LogP contribution in [0.3, 0.4) is 0 Å². The average Bonchev–Trinajstić information content (AvgIpc) is 1.96. The summed E-state index contributed by atoms with van der Waals surface area (Å²) in [6.45, 7) is 3.00. The number of Topliss-reactive ketones (excluding diaryl/α,β-unsaturated/α-hetero) is 2. The summed E-state index contributed by atoms with van der Waals surface area (Å²) in [5, 5.41) is 8.49. The molecule has 3 nitrogen and oxygen atoms in total. The van der Waals surface area contributed by atoms with Crippen molar-refractivity contribution in [1.82, 2.24) is 0 Å². The molecule has 0 unspecified atom stereocenters. The molecule has 0 aromatic rings. The van der Waals surface area contributed by atoms with Gasteiger partial charge in [-0.3, -0.25) is 9.59 Å². The van der Waals surface area contributed by atoms with Gasteiger partial charge in [-0.1, -0.05) is 6.42 Å². The van der Waals surface area contributed by atoms with Crippen LogP contribution in [0.2, 0.25) is 0 Å². The molecule has 0 saturated carbocycles. The van der Waals surface area contributed by atoms with Gasteiger partial charge in [0.1, 0.15) is 11.6 Å². The maximum absolute atomic E-state index is 10.9. The lowest BCUT2D eigenvalue weighted by molar-refractivity contribution is -0.130. The maximum Gasteiger partial charge on any atom is 0.140 e. The molecule has 0 amide bonds. The molecule has 0 radical (unpaired) electrons. The molecule has 0 aliphatic heterocycles. The Morgan fingerprint density at radius 2 is 1.67 bits per heavy atom. The van der Waals surface area contributed by atoms with Crippen LogP contribution >= 0.6 is 0 Å². The van der Waals surface area contributed by atoms with Crippen molar-refractivity contribution in [2.45, 2.75) is 33.1 Å². The van der Waals surface area contributed by atoms with Crippen LogP contribution < -0.4 is 0 Å². The van der Waals surface area contributed by atoms with Gasteiger partial charge in [-0.15, -0.1) is 0 Å². The van der Waals surface area contributed by atoms with Crippen LogP contribution in [0.4, 0.5) is 0 Å². The highest BCUT2D eigenvalue weighted by atomic mass is 16.2. The van der Waals surface area contributed by atoms with E-state index in [4.69, 9.17) is 5.11 Å². The van der Waals surface area contributed by atoms with E-state index in [0.29, 0.717) is 12.8 Å². The Kier molecular flexibility index (Phi) is 5.54. The van der Waals surface area contributed by atoms with Crippen molar-refractivity contribution in [3.63, 3.8) is 0 Å². The number of aliphatic hydroxyl groups excluding tert-OH is 1. The third-order valence-electron chi connectivity index (χ3n) is 1.88. The van der Waals surface area contributed by atoms with Gasteiger partial charge in [0.2, 0.25) is 0 Å². The average molecular weight is 172 g/mol. The molecule has 1 N–H and O–H groups in total. The molecule has 70 valence electrons. The fraction of sp³-hybridized carbons (Fsp3) is 0.778. The third-order valence-corrected chi connectivity index (χ3v) is 1.88. The molecule has 0 rings (SSSR count). The molecule has 0 heterocycles. The quantitative estimate of drug-likeness (QED) is 0.479. The predicted molar refractivity (Wildman–Crippen MR) is 45.8 cm³/mol. The monoisotopic (exact) mass is 172 g/mol. The zero-order valence-electron chi connectivity index (χ0n) is 7.67. The Labute approximate surface area is 72.8 Å². The van der Waals surface area contributed by atoms with Gasteiger partial charge in [0.15, 0.2) is 0 Å². The zero-order chi connectivity index (χ0) is 9.56. The summed E-state index contributed by atoms with van der Waals surface area (Å²) in [6, 6.07) is 0. The number of hydrogen-bond donors (Lipinski definition) is 1. The Morgan fingerprint density at radius 3 is 2.00 bits per heavy atom.